The average Bonchev–Trinajstić information content (AvgIpc) is 2.31. The predicted octanol–water partition coefficient (Wildman–Crippen LogP) is 0.702. The number of hydrogen-bond donors (Lipinski definition) is 0. The molecule has 90 valence electrons. The molecule has 1 aliphatic rings. The Labute approximate surface area is 95.0 Å². The van der Waals surface area contributed by atoms with Crippen molar-refractivity contribution in [2.45, 2.75) is 19.3 Å². The molecule has 1 aliphatic heterocycles. The molecule has 0 amide bonds. The molecule has 1 saturated heterocycles. The fraction of sp³-hybridized carbons (Fsp3) is 0.636. The van der Waals surface area contributed by atoms with Crippen LogP contribution in [0, 0.1) is 0 Å². The fourth-order valence-electron chi connectivity index (χ4n) is 1.63. The molecule has 0 aromatic rings. The third-order valence-electron chi connectivity index (χ3n) is 2.44. The number of likely N-dealkylation sites (tertiary alicyclic amines) is 1. The number of rotatable bonds is 6. The zero-order valence-corrected chi connectivity index (χ0v) is 9.26. The first-order valence-corrected chi connectivity index (χ1v) is 5.47. The van der Waals surface area contributed by atoms with Crippen molar-refractivity contribution in [2.75, 3.05) is 26.2 Å². The lowest BCUT2D eigenvalue weighted by atomic mass is 10.1. The minimum Gasteiger partial charge on any atom is -0.461 e. The molecule has 0 atom stereocenters. The molecular weight excluding hydrogens is 210 g/mol. The van der Waals surface area contributed by atoms with Gasteiger partial charge in [-0.25, -0.2) is 4.79 Å². The van der Waals surface area contributed by atoms with Gasteiger partial charge in [-0.05, 0) is 25.9 Å². The van der Waals surface area contributed by atoms with E-state index in [4.69, 9.17) is 4.74 Å². The van der Waals surface area contributed by atoms with Crippen LogP contribution in [0.4, 0.5) is 0 Å². The van der Waals surface area contributed by atoms with Crippen molar-refractivity contribution < 1.29 is 19.1 Å². The number of nitrogens with zero attached hydrogens (tertiary/aromatic N) is 1. The molecular formula is C11H17NO4. The molecule has 5 heteroatoms. The van der Waals surface area contributed by atoms with E-state index in [-0.39, 0.29) is 6.47 Å². The van der Waals surface area contributed by atoms with Crippen LogP contribution in [0.2, 0.25) is 0 Å². The Morgan fingerprint density at radius 2 is 2.00 bits per heavy atom. The van der Waals surface area contributed by atoms with Crippen LogP contribution in [0.5, 0.6) is 0 Å². The lowest BCUT2D eigenvalue weighted by Gasteiger charge is -2.25. The molecule has 0 aromatic heterocycles. The quantitative estimate of drug-likeness (QED) is 0.289. The van der Waals surface area contributed by atoms with Gasteiger partial charge < -0.3 is 9.47 Å². The van der Waals surface area contributed by atoms with Crippen LogP contribution in [0.15, 0.2) is 12.3 Å². The molecule has 0 bridgehead atoms. The van der Waals surface area contributed by atoms with Crippen LogP contribution in [-0.2, 0) is 19.1 Å². The summed E-state index contributed by atoms with van der Waals surface area (Å²) < 4.78 is 9.16. The second-order valence-corrected chi connectivity index (χ2v) is 3.60. The zero-order valence-electron chi connectivity index (χ0n) is 9.26. The van der Waals surface area contributed by atoms with Crippen molar-refractivity contribution in [1.29, 1.82) is 0 Å². The molecule has 0 saturated carbocycles. The van der Waals surface area contributed by atoms with Crippen LogP contribution >= 0.6 is 0 Å². The van der Waals surface area contributed by atoms with E-state index in [9.17, 15) is 9.59 Å². The van der Waals surface area contributed by atoms with Gasteiger partial charge in [-0.1, -0.05) is 6.42 Å². The molecule has 1 heterocycles. The van der Waals surface area contributed by atoms with E-state index < -0.39 is 5.97 Å². The molecule has 0 aliphatic carbocycles. The van der Waals surface area contributed by atoms with E-state index in [2.05, 4.69) is 9.64 Å². The van der Waals surface area contributed by atoms with Crippen LogP contribution in [0.3, 0.4) is 0 Å². The van der Waals surface area contributed by atoms with Gasteiger partial charge in [0.2, 0.25) is 0 Å². The molecule has 0 unspecified atom stereocenters. The summed E-state index contributed by atoms with van der Waals surface area (Å²) >= 11 is 0. The summed E-state index contributed by atoms with van der Waals surface area (Å²) in [5.74, 6) is -0.487. The van der Waals surface area contributed by atoms with Crippen molar-refractivity contribution in [3.63, 3.8) is 0 Å². The molecule has 16 heavy (non-hydrogen) atoms. The van der Waals surface area contributed by atoms with E-state index in [1.54, 1.807) is 0 Å². The molecule has 0 N–H and O–H groups in total. The van der Waals surface area contributed by atoms with E-state index in [1.807, 2.05) is 0 Å². The summed E-state index contributed by atoms with van der Waals surface area (Å²) in [6.45, 7) is 3.57. The van der Waals surface area contributed by atoms with Crippen molar-refractivity contribution in [2.24, 2.45) is 0 Å². The Hall–Kier alpha value is -1.36. The Morgan fingerprint density at radius 3 is 2.69 bits per heavy atom. The molecule has 5 nitrogen and oxygen atoms in total. The highest BCUT2D eigenvalue weighted by molar-refractivity contribution is 5.81. The number of esters is 1. The number of carbonyl (C=O) groups is 2. The predicted molar refractivity (Wildman–Crippen MR) is 57.5 cm³/mol. The highest BCUT2D eigenvalue weighted by atomic mass is 16.5. The Bertz CT molecular complexity index is 246. The van der Waals surface area contributed by atoms with Crippen molar-refractivity contribution >= 4 is 12.4 Å². The standard InChI is InChI=1S/C11H17NO4/c13-10-15-8-4-11(14)16-9-7-12-5-2-1-3-6-12/h4,8,10H,1-3,5-7,9H2/b8-4+. The summed E-state index contributed by atoms with van der Waals surface area (Å²) in [5.41, 5.74) is 0. The minimum atomic E-state index is -0.487. The van der Waals surface area contributed by atoms with Crippen LogP contribution in [0.25, 0.3) is 0 Å². The first kappa shape index (κ1) is 12.7. The zero-order chi connectivity index (χ0) is 11.6. The second-order valence-electron chi connectivity index (χ2n) is 3.60. The molecule has 0 spiro atoms. The monoisotopic (exact) mass is 227 g/mol. The SMILES string of the molecule is O=CO/C=C/C(=O)OCCN1CCCCC1. The fourth-order valence-corrected chi connectivity index (χ4v) is 1.63. The van der Waals surface area contributed by atoms with E-state index in [0.29, 0.717) is 6.61 Å². The van der Waals surface area contributed by atoms with E-state index >= 15 is 0 Å². The third-order valence-corrected chi connectivity index (χ3v) is 2.44. The van der Waals surface area contributed by atoms with Gasteiger partial charge in [0.25, 0.3) is 6.47 Å². The van der Waals surface area contributed by atoms with Crippen molar-refractivity contribution in [1.82, 2.24) is 4.90 Å². The maximum atomic E-state index is 11.0. The van der Waals surface area contributed by atoms with E-state index in [1.165, 1.54) is 19.3 Å². The second kappa shape index (κ2) is 7.87. The maximum absolute atomic E-state index is 11.0. The lowest BCUT2D eigenvalue weighted by Crippen LogP contribution is -2.33. The number of carbonyl (C=O) groups excluding carboxylic acids is 2. The van der Waals surface area contributed by atoms with Gasteiger partial charge in [-0.3, -0.25) is 9.69 Å². The Balaban J connectivity index is 2.05. The van der Waals surface area contributed by atoms with Crippen LogP contribution in [-0.4, -0.2) is 43.6 Å². The molecule has 1 fully saturated rings. The van der Waals surface area contributed by atoms with Crippen molar-refractivity contribution in [3.05, 3.63) is 12.3 Å². The Morgan fingerprint density at radius 1 is 1.25 bits per heavy atom. The minimum absolute atomic E-state index is 0.248. The van der Waals surface area contributed by atoms with Gasteiger partial charge in [0, 0.05) is 6.54 Å². The largest absolute Gasteiger partial charge is 0.461 e. The Kier molecular flexibility index (Phi) is 6.25. The molecule has 1 rings (SSSR count). The lowest BCUT2D eigenvalue weighted by molar-refractivity contribution is -0.138. The van der Waals surface area contributed by atoms with Gasteiger partial charge in [-0.2, -0.15) is 0 Å². The summed E-state index contributed by atoms with van der Waals surface area (Å²) in [6.07, 6.45) is 5.84. The third kappa shape index (κ3) is 5.50. The number of ether oxygens (including phenoxy) is 2. The number of piperidine rings is 1. The van der Waals surface area contributed by atoms with Crippen LogP contribution in [0.1, 0.15) is 19.3 Å². The highest BCUT2D eigenvalue weighted by Crippen LogP contribution is 2.07. The van der Waals surface area contributed by atoms with Gasteiger partial charge >= 0.3 is 5.97 Å². The van der Waals surface area contributed by atoms with Crippen molar-refractivity contribution in [3.8, 4) is 0 Å². The maximum Gasteiger partial charge on any atom is 0.333 e. The van der Waals surface area contributed by atoms with Gasteiger partial charge in [0.1, 0.15) is 12.9 Å². The van der Waals surface area contributed by atoms with Crippen LogP contribution < -0.4 is 0 Å². The summed E-state index contributed by atoms with van der Waals surface area (Å²) in [7, 11) is 0. The summed E-state index contributed by atoms with van der Waals surface area (Å²) in [5, 5.41) is 0. The summed E-state index contributed by atoms with van der Waals surface area (Å²) in [6, 6.07) is 0. The van der Waals surface area contributed by atoms with Gasteiger partial charge in [-0.15, -0.1) is 0 Å². The first-order chi connectivity index (χ1) is 7.83. The average molecular weight is 227 g/mol. The highest BCUT2D eigenvalue weighted by Gasteiger charge is 2.09. The number of hydrogen-bond acceptors (Lipinski definition) is 5. The smallest absolute Gasteiger partial charge is 0.333 e. The van der Waals surface area contributed by atoms with Gasteiger partial charge in [0.15, 0.2) is 0 Å². The van der Waals surface area contributed by atoms with E-state index in [0.717, 1.165) is 32.0 Å². The normalized spacial score (nSPS) is 17.2. The molecule has 0 aromatic carbocycles. The first-order valence-electron chi connectivity index (χ1n) is 5.47. The summed E-state index contributed by atoms with van der Waals surface area (Å²) in [4.78, 5) is 23.1. The van der Waals surface area contributed by atoms with Gasteiger partial charge in [0.05, 0.1) is 6.08 Å². The topological polar surface area (TPSA) is 55.8 Å². The molecule has 0 radical (unpaired) electrons.